The molecule has 0 amide bonds. The van der Waals surface area contributed by atoms with Crippen LogP contribution in [0.4, 0.5) is 0 Å². The first-order valence-corrected chi connectivity index (χ1v) is 5.62. The van der Waals surface area contributed by atoms with Crippen molar-refractivity contribution < 1.29 is 5.11 Å². The number of aliphatic hydroxyl groups excluding tert-OH is 1. The number of aliphatic hydroxyl groups is 1. The summed E-state index contributed by atoms with van der Waals surface area (Å²) in [6, 6.07) is 0. The van der Waals surface area contributed by atoms with E-state index >= 15 is 0 Å². The maximum absolute atomic E-state index is 9.41. The minimum absolute atomic E-state index is 0.164. The number of rotatable bonds is 6. The Labute approximate surface area is 79.9 Å². The Bertz CT molecular complexity index is 146. The average molecular weight is 186 g/mol. The zero-order valence-corrected chi connectivity index (χ0v) is 8.78. The lowest BCUT2D eigenvalue weighted by Gasteiger charge is -2.06. The van der Waals surface area contributed by atoms with Crippen molar-refractivity contribution in [2.75, 3.05) is 11.5 Å². The molecule has 12 heavy (non-hydrogen) atoms. The minimum Gasteiger partial charge on any atom is -0.392 e. The topological polar surface area (TPSA) is 20.2 Å². The fourth-order valence-electron chi connectivity index (χ4n) is 0.811. The third-order valence-corrected chi connectivity index (χ3v) is 2.76. The van der Waals surface area contributed by atoms with Gasteiger partial charge in [-0.25, -0.2) is 0 Å². The molecule has 1 N–H and O–H groups in total. The Morgan fingerprint density at radius 2 is 2.25 bits per heavy atom. The van der Waals surface area contributed by atoms with Gasteiger partial charge in [0, 0.05) is 12.2 Å². The summed E-state index contributed by atoms with van der Waals surface area (Å²) >= 11 is 1.82. The molecule has 0 rings (SSSR count). The van der Waals surface area contributed by atoms with Crippen LogP contribution in [0.5, 0.6) is 0 Å². The summed E-state index contributed by atoms with van der Waals surface area (Å²) in [5.41, 5.74) is 0. The molecule has 2 heteroatoms. The Morgan fingerprint density at radius 3 is 2.83 bits per heavy atom. The van der Waals surface area contributed by atoms with Crippen molar-refractivity contribution in [2.24, 2.45) is 0 Å². The lowest BCUT2D eigenvalue weighted by Crippen LogP contribution is -2.09. The second kappa shape index (κ2) is 8.96. The lowest BCUT2D eigenvalue weighted by molar-refractivity contribution is 0.191. The maximum atomic E-state index is 9.41. The average Bonchev–Trinajstić information content (AvgIpc) is 2.06. The van der Waals surface area contributed by atoms with E-state index < -0.39 is 0 Å². The first-order chi connectivity index (χ1) is 5.81. The van der Waals surface area contributed by atoms with Crippen LogP contribution < -0.4 is 0 Å². The van der Waals surface area contributed by atoms with Crippen LogP contribution in [0.3, 0.4) is 0 Å². The highest BCUT2D eigenvalue weighted by Crippen LogP contribution is 2.07. The number of thioether (sulfide) groups is 1. The van der Waals surface area contributed by atoms with Gasteiger partial charge < -0.3 is 5.11 Å². The molecule has 70 valence electrons. The zero-order valence-electron chi connectivity index (χ0n) is 7.97. The van der Waals surface area contributed by atoms with Crippen LogP contribution in [-0.4, -0.2) is 22.7 Å². The Kier molecular flexibility index (Phi) is 8.86. The SMILES string of the molecule is CC#CCCC(O)CSCCC. The highest BCUT2D eigenvalue weighted by Gasteiger charge is 2.01. The molecule has 0 aliphatic heterocycles. The molecule has 0 heterocycles. The molecule has 1 atom stereocenters. The van der Waals surface area contributed by atoms with Gasteiger partial charge in [-0.15, -0.1) is 11.8 Å². The highest BCUT2D eigenvalue weighted by molar-refractivity contribution is 7.99. The van der Waals surface area contributed by atoms with Crippen molar-refractivity contribution in [1.29, 1.82) is 0 Å². The number of hydrogen-bond acceptors (Lipinski definition) is 2. The van der Waals surface area contributed by atoms with Gasteiger partial charge in [0.05, 0.1) is 6.10 Å². The summed E-state index contributed by atoms with van der Waals surface area (Å²) in [4.78, 5) is 0. The third-order valence-electron chi connectivity index (χ3n) is 1.44. The van der Waals surface area contributed by atoms with Crippen molar-refractivity contribution in [3.63, 3.8) is 0 Å². The van der Waals surface area contributed by atoms with E-state index in [-0.39, 0.29) is 6.10 Å². The molecule has 0 aliphatic carbocycles. The van der Waals surface area contributed by atoms with Crippen LogP contribution in [0.25, 0.3) is 0 Å². The van der Waals surface area contributed by atoms with E-state index in [1.807, 2.05) is 18.7 Å². The summed E-state index contributed by atoms with van der Waals surface area (Å²) in [5.74, 6) is 7.78. The van der Waals surface area contributed by atoms with Gasteiger partial charge in [0.15, 0.2) is 0 Å². The summed E-state index contributed by atoms with van der Waals surface area (Å²) in [5, 5.41) is 9.41. The molecule has 0 fully saturated rings. The molecule has 0 radical (unpaired) electrons. The summed E-state index contributed by atoms with van der Waals surface area (Å²) < 4.78 is 0. The van der Waals surface area contributed by atoms with Crippen molar-refractivity contribution in [2.45, 2.75) is 39.2 Å². The van der Waals surface area contributed by atoms with Crippen molar-refractivity contribution in [3.8, 4) is 11.8 Å². The van der Waals surface area contributed by atoms with Gasteiger partial charge in [0.2, 0.25) is 0 Å². The van der Waals surface area contributed by atoms with Crippen molar-refractivity contribution >= 4 is 11.8 Å². The molecule has 1 unspecified atom stereocenters. The summed E-state index contributed by atoms with van der Waals surface area (Å²) in [6.07, 6.45) is 2.66. The van der Waals surface area contributed by atoms with Crippen molar-refractivity contribution in [1.82, 2.24) is 0 Å². The minimum atomic E-state index is -0.164. The fourth-order valence-corrected chi connectivity index (χ4v) is 1.70. The maximum Gasteiger partial charge on any atom is 0.0639 e. The van der Waals surface area contributed by atoms with Gasteiger partial charge in [-0.1, -0.05) is 6.92 Å². The summed E-state index contributed by atoms with van der Waals surface area (Å²) in [6.45, 7) is 3.99. The quantitative estimate of drug-likeness (QED) is 0.507. The molecular formula is C10H18OS. The second-order valence-corrected chi connectivity index (χ2v) is 3.84. The van der Waals surface area contributed by atoms with E-state index in [0.717, 1.165) is 24.3 Å². The monoisotopic (exact) mass is 186 g/mol. The Morgan fingerprint density at radius 1 is 1.50 bits per heavy atom. The van der Waals surface area contributed by atoms with E-state index in [9.17, 15) is 5.11 Å². The molecule has 0 aromatic rings. The largest absolute Gasteiger partial charge is 0.392 e. The molecule has 0 aromatic heterocycles. The molecule has 1 nitrogen and oxygen atoms in total. The normalized spacial score (nSPS) is 11.9. The van der Waals surface area contributed by atoms with Gasteiger partial charge >= 0.3 is 0 Å². The van der Waals surface area contributed by atoms with E-state index in [4.69, 9.17) is 0 Å². The van der Waals surface area contributed by atoms with E-state index in [2.05, 4.69) is 18.8 Å². The number of hydrogen-bond donors (Lipinski definition) is 1. The summed E-state index contributed by atoms with van der Waals surface area (Å²) in [7, 11) is 0. The first kappa shape index (κ1) is 11.9. The molecule has 0 saturated carbocycles. The van der Waals surface area contributed by atoms with E-state index in [0.29, 0.717) is 0 Å². The fraction of sp³-hybridized carbons (Fsp3) is 0.800. The molecule has 0 saturated heterocycles. The van der Waals surface area contributed by atoms with E-state index in [1.54, 1.807) is 0 Å². The van der Waals surface area contributed by atoms with Crippen LogP contribution in [0.1, 0.15) is 33.1 Å². The van der Waals surface area contributed by atoms with Crippen LogP contribution in [0.2, 0.25) is 0 Å². The molecule has 0 bridgehead atoms. The zero-order chi connectivity index (χ0) is 9.23. The Hall–Kier alpha value is -0.130. The smallest absolute Gasteiger partial charge is 0.0639 e. The standard InChI is InChI=1S/C10H18OS/c1-3-5-6-7-10(11)9-12-8-4-2/h10-11H,4,6-9H2,1-2H3. The van der Waals surface area contributed by atoms with Crippen LogP contribution in [-0.2, 0) is 0 Å². The van der Waals surface area contributed by atoms with Crippen LogP contribution in [0.15, 0.2) is 0 Å². The van der Waals surface area contributed by atoms with Crippen molar-refractivity contribution in [3.05, 3.63) is 0 Å². The second-order valence-electron chi connectivity index (χ2n) is 2.69. The van der Waals surface area contributed by atoms with Gasteiger partial charge in [0.25, 0.3) is 0 Å². The molecule has 0 aliphatic rings. The van der Waals surface area contributed by atoms with Gasteiger partial charge in [-0.3, -0.25) is 0 Å². The molecular weight excluding hydrogens is 168 g/mol. The predicted octanol–water partition coefficient (Wildman–Crippen LogP) is 2.29. The molecule has 0 spiro atoms. The van der Waals surface area contributed by atoms with Crippen LogP contribution in [0, 0.1) is 11.8 Å². The van der Waals surface area contributed by atoms with Crippen LogP contribution >= 0.6 is 11.8 Å². The van der Waals surface area contributed by atoms with E-state index in [1.165, 1.54) is 6.42 Å². The van der Waals surface area contributed by atoms with Gasteiger partial charge in [0.1, 0.15) is 0 Å². The highest BCUT2D eigenvalue weighted by atomic mass is 32.2. The predicted molar refractivity (Wildman–Crippen MR) is 56.3 cm³/mol. The van der Waals surface area contributed by atoms with Gasteiger partial charge in [-0.05, 0) is 25.5 Å². The van der Waals surface area contributed by atoms with Gasteiger partial charge in [-0.2, -0.15) is 11.8 Å². The molecule has 0 aromatic carbocycles. The Balaban J connectivity index is 3.19. The lowest BCUT2D eigenvalue weighted by atomic mass is 10.2. The first-order valence-electron chi connectivity index (χ1n) is 4.46. The third kappa shape index (κ3) is 7.97.